The van der Waals surface area contributed by atoms with Gasteiger partial charge in [0.25, 0.3) is 5.91 Å². The van der Waals surface area contributed by atoms with E-state index >= 15 is 0 Å². The minimum absolute atomic E-state index is 0.117. The zero-order valence-corrected chi connectivity index (χ0v) is 19.0. The molecule has 0 saturated heterocycles. The summed E-state index contributed by atoms with van der Waals surface area (Å²) in [7, 11) is 0. The monoisotopic (exact) mass is 457 g/mol. The normalized spacial score (nSPS) is 11.1. The van der Waals surface area contributed by atoms with Gasteiger partial charge in [0.1, 0.15) is 15.5 Å². The molecule has 1 aromatic carbocycles. The van der Waals surface area contributed by atoms with Gasteiger partial charge < -0.3 is 14.8 Å². The summed E-state index contributed by atoms with van der Waals surface area (Å²) in [5.74, 6) is -1.73. The first-order chi connectivity index (χ1) is 13.4. The van der Waals surface area contributed by atoms with Crippen molar-refractivity contribution in [1.29, 1.82) is 0 Å². The first-order valence-electron chi connectivity index (χ1n) is 8.74. The van der Waals surface area contributed by atoms with Crippen molar-refractivity contribution in [1.82, 2.24) is 0 Å². The second kappa shape index (κ2) is 9.15. The molecule has 1 N–H and O–H groups in total. The predicted octanol–water partition coefficient (Wildman–Crippen LogP) is 5.75. The number of nitrogens with one attached hydrogen (secondary N) is 1. The largest absolute Gasteiger partial charge is 0.462 e. The van der Waals surface area contributed by atoms with E-state index in [1.165, 1.54) is 18.2 Å². The van der Waals surface area contributed by atoms with Gasteiger partial charge in [-0.2, -0.15) is 0 Å². The Morgan fingerprint density at radius 2 is 1.76 bits per heavy atom. The van der Waals surface area contributed by atoms with Gasteiger partial charge in [-0.1, -0.05) is 23.2 Å². The number of thiophene rings is 1. The van der Waals surface area contributed by atoms with E-state index in [4.69, 9.17) is 32.7 Å². The second-order valence-electron chi connectivity index (χ2n) is 7.07. The molecule has 1 aromatic heterocycles. The molecule has 0 aliphatic rings. The summed E-state index contributed by atoms with van der Waals surface area (Å²) in [4.78, 5) is 37.9. The van der Waals surface area contributed by atoms with Gasteiger partial charge in [0.2, 0.25) is 0 Å². The Hall–Kier alpha value is -2.09. The number of anilines is 1. The molecule has 0 spiro atoms. The molecule has 2 rings (SSSR count). The lowest BCUT2D eigenvalue weighted by Gasteiger charge is -2.19. The van der Waals surface area contributed by atoms with Crippen molar-refractivity contribution in [2.24, 2.45) is 0 Å². The highest BCUT2D eigenvalue weighted by Gasteiger charge is 2.29. The summed E-state index contributed by atoms with van der Waals surface area (Å²) >= 11 is 12.8. The number of ether oxygens (including phenoxy) is 2. The SMILES string of the molecule is CCOC(=O)c1c(NC(=O)c2ccc(Cl)c(Cl)c2)sc(C(=O)OC(C)(C)C)c1C. The standard InChI is InChI=1S/C20H21Cl2NO5S/c1-6-27-18(25)14-10(2)15(19(26)28-20(3,4)5)29-17(14)23-16(24)11-7-8-12(21)13(22)9-11/h7-9H,6H2,1-5H3,(H,23,24). The molecule has 0 atom stereocenters. The van der Waals surface area contributed by atoms with Gasteiger partial charge >= 0.3 is 11.9 Å². The molecular weight excluding hydrogens is 437 g/mol. The van der Waals surface area contributed by atoms with Gasteiger partial charge in [-0.15, -0.1) is 11.3 Å². The number of esters is 2. The summed E-state index contributed by atoms with van der Waals surface area (Å²) in [6, 6.07) is 4.41. The molecule has 1 heterocycles. The summed E-state index contributed by atoms with van der Waals surface area (Å²) in [5.41, 5.74) is 0.0403. The van der Waals surface area contributed by atoms with Crippen LogP contribution in [0.25, 0.3) is 0 Å². The Morgan fingerprint density at radius 3 is 2.31 bits per heavy atom. The van der Waals surface area contributed by atoms with Crippen molar-refractivity contribution in [3.8, 4) is 0 Å². The van der Waals surface area contributed by atoms with Crippen molar-refractivity contribution >= 4 is 57.4 Å². The van der Waals surface area contributed by atoms with Crippen LogP contribution < -0.4 is 5.32 Å². The van der Waals surface area contributed by atoms with Crippen molar-refractivity contribution < 1.29 is 23.9 Å². The zero-order valence-electron chi connectivity index (χ0n) is 16.6. The fourth-order valence-corrected chi connectivity index (χ4v) is 3.75. The third kappa shape index (κ3) is 5.72. The van der Waals surface area contributed by atoms with E-state index in [0.29, 0.717) is 10.6 Å². The summed E-state index contributed by atoms with van der Waals surface area (Å²) in [5, 5.41) is 3.39. The molecule has 0 fully saturated rings. The van der Waals surface area contributed by atoms with E-state index in [1.807, 2.05) is 0 Å². The highest BCUT2D eigenvalue weighted by atomic mass is 35.5. The number of carbonyl (C=O) groups excluding carboxylic acids is 3. The van der Waals surface area contributed by atoms with Crippen LogP contribution in [-0.4, -0.2) is 30.1 Å². The maximum Gasteiger partial charge on any atom is 0.349 e. The summed E-state index contributed by atoms with van der Waals surface area (Å²) < 4.78 is 10.5. The highest BCUT2D eigenvalue weighted by molar-refractivity contribution is 7.18. The fourth-order valence-electron chi connectivity index (χ4n) is 2.38. The quantitative estimate of drug-likeness (QED) is 0.578. The van der Waals surface area contributed by atoms with Crippen molar-refractivity contribution in [3.05, 3.63) is 49.8 Å². The number of hydrogen-bond acceptors (Lipinski definition) is 6. The molecule has 6 nitrogen and oxygen atoms in total. The van der Waals surface area contributed by atoms with E-state index in [9.17, 15) is 14.4 Å². The number of halogens is 2. The van der Waals surface area contributed by atoms with Crippen LogP contribution in [-0.2, 0) is 9.47 Å². The molecule has 0 unspecified atom stereocenters. The Bertz CT molecular complexity index is 963. The lowest BCUT2D eigenvalue weighted by Crippen LogP contribution is -2.23. The average Bonchev–Trinajstić information content (AvgIpc) is 2.92. The van der Waals surface area contributed by atoms with E-state index < -0.39 is 23.4 Å². The smallest absolute Gasteiger partial charge is 0.349 e. The maximum atomic E-state index is 12.7. The van der Waals surface area contributed by atoms with Crippen LogP contribution in [0.4, 0.5) is 5.00 Å². The van der Waals surface area contributed by atoms with Gasteiger partial charge in [0.15, 0.2) is 0 Å². The number of rotatable bonds is 5. The fraction of sp³-hybridized carbons (Fsp3) is 0.350. The Kier molecular flexibility index (Phi) is 7.32. The van der Waals surface area contributed by atoms with E-state index in [-0.39, 0.29) is 32.6 Å². The summed E-state index contributed by atoms with van der Waals surface area (Å²) in [6.45, 7) is 8.66. The lowest BCUT2D eigenvalue weighted by molar-refractivity contribution is 0.00744. The molecule has 2 aromatic rings. The molecular formula is C20H21Cl2NO5S. The van der Waals surface area contributed by atoms with Gasteiger partial charge in [-0.3, -0.25) is 4.79 Å². The molecule has 29 heavy (non-hydrogen) atoms. The van der Waals surface area contributed by atoms with Crippen LogP contribution in [0.2, 0.25) is 10.0 Å². The predicted molar refractivity (Wildman–Crippen MR) is 115 cm³/mol. The third-order valence-corrected chi connectivity index (χ3v) is 5.55. The molecule has 0 bridgehead atoms. The highest BCUT2D eigenvalue weighted by Crippen LogP contribution is 2.35. The van der Waals surface area contributed by atoms with Gasteiger partial charge in [0.05, 0.1) is 22.2 Å². The Morgan fingerprint density at radius 1 is 1.10 bits per heavy atom. The van der Waals surface area contributed by atoms with Crippen molar-refractivity contribution in [2.45, 2.75) is 40.2 Å². The number of hydrogen-bond donors (Lipinski definition) is 1. The van der Waals surface area contributed by atoms with E-state index in [0.717, 1.165) is 11.3 Å². The molecule has 0 aliphatic heterocycles. The van der Waals surface area contributed by atoms with Gasteiger partial charge in [-0.25, -0.2) is 9.59 Å². The maximum absolute atomic E-state index is 12.7. The topological polar surface area (TPSA) is 81.7 Å². The molecule has 0 saturated carbocycles. The second-order valence-corrected chi connectivity index (χ2v) is 8.90. The van der Waals surface area contributed by atoms with Crippen LogP contribution >= 0.6 is 34.5 Å². The lowest BCUT2D eigenvalue weighted by atomic mass is 10.1. The van der Waals surface area contributed by atoms with Crippen LogP contribution in [0, 0.1) is 6.92 Å². The van der Waals surface area contributed by atoms with Crippen LogP contribution in [0.1, 0.15) is 63.6 Å². The van der Waals surface area contributed by atoms with Crippen LogP contribution in [0.3, 0.4) is 0 Å². The average molecular weight is 458 g/mol. The molecule has 1 amide bonds. The van der Waals surface area contributed by atoms with Crippen molar-refractivity contribution in [2.75, 3.05) is 11.9 Å². The minimum atomic E-state index is -0.707. The first-order valence-corrected chi connectivity index (χ1v) is 10.3. The van der Waals surface area contributed by atoms with E-state index in [1.54, 1.807) is 34.6 Å². The number of carbonyl (C=O) groups is 3. The molecule has 9 heteroatoms. The molecule has 156 valence electrons. The van der Waals surface area contributed by atoms with E-state index in [2.05, 4.69) is 5.32 Å². The first kappa shape index (κ1) is 23.2. The Labute approximate surface area is 183 Å². The third-order valence-electron chi connectivity index (χ3n) is 3.62. The zero-order chi connectivity index (χ0) is 21.9. The minimum Gasteiger partial charge on any atom is -0.462 e. The number of benzene rings is 1. The Balaban J connectivity index is 2.44. The van der Waals surface area contributed by atoms with Gasteiger partial charge in [0, 0.05) is 5.56 Å². The van der Waals surface area contributed by atoms with Gasteiger partial charge in [-0.05, 0) is 58.4 Å². The molecule has 0 aliphatic carbocycles. The van der Waals surface area contributed by atoms with Crippen molar-refractivity contribution in [3.63, 3.8) is 0 Å². The van der Waals surface area contributed by atoms with Crippen LogP contribution in [0.15, 0.2) is 18.2 Å². The summed E-state index contributed by atoms with van der Waals surface area (Å²) in [6.07, 6.45) is 0. The molecule has 0 radical (unpaired) electrons. The number of amides is 1. The van der Waals surface area contributed by atoms with Crippen LogP contribution in [0.5, 0.6) is 0 Å².